The van der Waals surface area contributed by atoms with Crippen molar-refractivity contribution >= 4 is 8.15 Å². The molecule has 0 saturated heterocycles. The van der Waals surface area contributed by atoms with Gasteiger partial charge in [-0.15, -0.1) is 0 Å². The van der Waals surface area contributed by atoms with Gasteiger partial charge >= 0.3 is 0 Å². The molecule has 0 fully saturated rings. The van der Waals surface area contributed by atoms with E-state index in [4.69, 9.17) is 8.94 Å². The number of hydrogen-bond acceptors (Lipinski definition) is 2. The third-order valence-corrected chi connectivity index (χ3v) is 4.30. The van der Waals surface area contributed by atoms with Crippen molar-refractivity contribution < 1.29 is 8.94 Å². The molecule has 0 aliphatic heterocycles. The van der Waals surface area contributed by atoms with Crippen molar-refractivity contribution in [2.24, 2.45) is 0 Å². The van der Waals surface area contributed by atoms with Crippen LogP contribution < -0.4 is 0 Å². The summed E-state index contributed by atoms with van der Waals surface area (Å²) in [7, 11) is -0.226. The highest BCUT2D eigenvalue weighted by molar-refractivity contribution is 7.52. The molecule has 0 amide bonds. The molecule has 0 bridgehead atoms. The van der Waals surface area contributed by atoms with Crippen LogP contribution in [-0.2, 0) is 11.1 Å². The van der Waals surface area contributed by atoms with E-state index in [9.17, 15) is 0 Å². The Hall–Kier alpha value is -0.330. The molecular weight excluding hydrogens is 195 g/mol. The van der Waals surface area contributed by atoms with Crippen molar-refractivity contribution in [2.45, 2.75) is 33.3 Å². The maximum Gasteiger partial charge on any atom is 0.129 e. The third-order valence-electron chi connectivity index (χ3n) is 1.92. The number of hydrogen-bond donors (Lipinski definition) is 0. The van der Waals surface area contributed by atoms with Crippen LogP contribution >= 0.6 is 8.15 Å². The maximum atomic E-state index is 5.84. The van der Waals surface area contributed by atoms with E-state index < -0.39 is 0 Å². The van der Waals surface area contributed by atoms with Crippen molar-refractivity contribution in [2.75, 3.05) is 12.3 Å². The van der Waals surface area contributed by atoms with E-state index in [0.717, 1.165) is 5.76 Å². The molecule has 0 N–H and O–H groups in total. The molecule has 1 aromatic heterocycles. The van der Waals surface area contributed by atoms with Crippen molar-refractivity contribution in [1.29, 1.82) is 0 Å². The first kappa shape index (κ1) is 11.7. The average Bonchev–Trinajstić information content (AvgIpc) is 2.67. The van der Waals surface area contributed by atoms with E-state index >= 15 is 0 Å². The predicted molar refractivity (Wildman–Crippen MR) is 60.7 cm³/mol. The zero-order chi connectivity index (χ0) is 10.2. The molecule has 0 spiro atoms. The first-order valence-electron chi connectivity index (χ1n) is 5.27. The summed E-state index contributed by atoms with van der Waals surface area (Å²) >= 11 is 0. The largest absolute Gasteiger partial charge is 0.467 e. The van der Waals surface area contributed by atoms with E-state index in [1.165, 1.54) is 25.2 Å². The van der Waals surface area contributed by atoms with Gasteiger partial charge in [0.25, 0.3) is 0 Å². The summed E-state index contributed by atoms with van der Waals surface area (Å²) in [6, 6.07) is 3.87. The van der Waals surface area contributed by atoms with Crippen molar-refractivity contribution in [3.05, 3.63) is 24.2 Å². The molecule has 0 unspecified atom stereocenters. The van der Waals surface area contributed by atoms with Gasteiger partial charge in [-0.05, 0) is 24.5 Å². The Balaban J connectivity index is 2.25. The van der Waals surface area contributed by atoms with Gasteiger partial charge in [0.1, 0.15) is 12.4 Å². The Labute approximate surface area is 87.5 Å². The summed E-state index contributed by atoms with van der Waals surface area (Å²) in [6.07, 6.45) is 6.54. The van der Waals surface area contributed by atoms with Gasteiger partial charge in [0.15, 0.2) is 0 Å². The number of furan rings is 1. The summed E-state index contributed by atoms with van der Waals surface area (Å²) in [5.74, 6) is 0.935. The van der Waals surface area contributed by atoms with Crippen LogP contribution in [0.3, 0.4) is 0 Å². The Morgan fingerprint density at radius 2 is 2.00 bits per heavy atom. The molecule has 0 aliphatic rings. The molecule has 0 atom stereocenters. The lowest BCUT2D eigenvalue weighted by Crippen LogP contribution is -1.94. The van der Waals surface area contributed by atoms with Gasteiger partial charge < -0.3 is 8.94 Å². The van der Waals surface area contributed by atoms with Gasteiger partial charge in [-0.1, -0.05) is 26.7 Å². The molecule has 0 aromatic carbocycles. The highest BCUT2D eigenvalue weighted by Crippen LogP contribution is 2.39. The van der Waals surface area contributed by atoms with Crippen LogP contribution in [0.15, 0.2) is 22.8 Å². The van der Waals surface area contributed by atoms with Crippen LogP contribution in [0.1, 0.15) is 32.4 Å². The summed E-state index contributed by atoms with van der Waals surface area (Å²) in [5.41, 5.74) is 0. The van der Waals surface area contributed by atoms with Gasteiger partial charge in [-0.2, -0.15) is 0 Å². The molecule has 14 heavy (non-hydrogen) atoms. The molecule has 0 saturated carbocycles. The molecule has 0 radical (unpaired) electrons. The van der Waals surface area contributed by atoms with E-state index in [1.54, 1.807) is 6.26 Å². The second kappa shape index (κ2) is 7.03. The Morgan fingerprint density at radius 1 is 1.29 bits per heavy atom. The van der Waals surface area contributed by atoms with Crippen LogP contribution in [0.25, 0.3) is 0 Å². The molecule has 1 aromatic rings. The second-order valence-corrected chi connectivity index (χ2v) is 5.40. The smallest absolute Gasteiger partial charge is 0.129 e. The molecule has 3 heteroatoms. The fourth-order valence-electron chi connectivity index (χ4n) is 1.29. The fraction of sp³-hybridized carbons (Fsp3) is 0.636. The maximum absolute atomic E-state index is 5.84. The quantitative estimate of drug-likeness (QED) is 0.640. The van der Waals surface area contributed by atoms with Gasteiger partial charge in [0.2, 0.25) is 0 Å². The van der Waals surface area contributed by atoms with Gasteiger partial charge in [-0.3, -0.25) is 0 Å². The van der Waals surface area contributed by atoms with E-state index in [2.05, 4.69) is 13.8 Å². The van der Waals surface area contributed by atoms with Gasteiger partial charge in [0, 0.05) is 8.15 Å². The highest BCUT2D eigenvalue weighted by Gasteiger charge is 2.07. The summed E-state index contributed by atoms with van der Waals surface area (Å²) in [6.45, 7) is 5.06. The Kier molecular flexibility index (Phi) is 5.89. The normalized spacial score (nSPS) is 11.1. The van der Waals surface area contributed by atoms with Crippen LogP contribution in [0, 0.1) is 0 Å². The fourth-order valence-corrected chi connectivity index (χ4v) is 3.08. The lowest BCUT2D eigenvalue weighted by atomic mass is 10.5. The summed E-state index contributed by atoms with van der Waals surface area (Å²) in [5, 5.41) is 0. The van der Waals surface area contributed by atoms with Gasteiger partial charge in [0.05, 0.1) is 6.26 Å². The van der Waals surface area contributed by atoms with Crippen molar-refractivity contribution in [1.82, 2.24) is 0 Å². The topological polar surface area (TPSA) is 22.4 Å². The van der Waals surface area contributed by atoms with Crippen molar-refractivity contribution in [3.63, 3.8) is 0 Å². The lowest BCUT2D eigenvalue weighted by molar-refractivity contribution is 0.296. The Bertz CT molecular complexity index is 215. The molecule has 2 nitrogen and oxygen atoms in total. The molecular formula is C11H19O2P. The first-order chi connectivity index (χ1) is 6.86. The van der Waals surface area contributed by atoms with Crippen LogP contribution in [0.4, 0.5) is 0 Å². The molecule has 1 rings (SSSR count). The van der Waals surface area contributed by atoms with E-state index in [0.29, 0.717) is 6.61 Å². The third kappa shape index (κ3) is 4.26. The van der Waals surface area contributed by atoms with Crippen LogP contribution in [0.5, 0.6) is 0 Å². The monoisotopic (exact) mass is 214 g/mol. The van der Waals surface area contributed by atoms with Crippen LogP contribution in [-0.4, -0.2) is 12.3 Å². The lowest BCUT2D eigenvalue weighted by Gasteiger charge is -2.15. The highest BCUT2D eigenvalue weighted by atomic mass is 31.1. The minimum absolute atomic E-state index is 0.226. The van der Waals surface area contributed by atoms with E-state index in [-0.39, 0.29) is 8.15 Å². The Morgan fingerprint density at radius 3 is 2.50 bits per heavy atom. The second-order valence-electron chi connectivity index (χ2n) is 3.28. The number of rotatable bonds is 7. The minimum Gasteiger partial charge on any atom is -0.467 e. The standard InChI is InChI=1S/C11H19O2P/c1-3-8-14(9-4-2)13-10-11-6-5-7-12-11/h5-7H,3-4,8-10H2,1-2H3. The van der Waals surface area contributed by atoms with E-state index in [1.807, 2.05) is 12.1 Å². The predicted octanol–water partition coefficient (Wildman–Crippen LogP) is 4.01. The van der Waals surface area contributed by atoms with Crippen LogP contribution in [0.2, 0.25) is 0 Å². The summed E-state index contributed by atoms with van der Waals surface area (Å²) in [4.78, 5) is 0. The molecule has 80 valence electrons. The first-order valence-corrected chi connectivity index (χ1v) is 6.90. The summed E-state index contributed by atoms with van der Waals surface area (Å²) < 4.78 is 11.1. The zero-order valence-corrected chi connectivity index (χ0v) is 9.93. The van der Waals surface area contributed by atoms with Gasteiger partial charge in [-0.25, -0.2) is 0 Å². The molecule has 0 aliphatic carbocycles. The van der Waals surface area contributed by atoms with Crippen molar-refractivity contribution in [3.8, 4) is 0 Å². The zero-order valence-electron chi connectivity index (χ0n) is 9.03. The SMILES string of the molecule is CCCP(CCC)OCc1ccco1. The molecule has 1 heterocycles. The minimum atomic E-state index is -0.226. The average molecular weight is 214 g/mol.